The minimum atomic E-state index is -4.31. The molecule has 1 atom stereocenters. The Hall–Kier alpha value is -1.47. The van der Waals surface area contributed by atoms with E-state index in [0.29, 0.717) is 11.6 Å². The Balaban J connectivity index is 1.75. The SMILES string of the molecule is O=C(CNCC(F)(F)F)N[C@@H]1CCN(c2cccc(Cl)c2)C1. The average Bonchev–Trinajstić information content (AvgIpc) is 2.85. The van der Waals surface area contributed by atoms with Crippen molar-refractivity contribution in [2.75, 3.05) is 31.1 Å². The first-order chi connectivity index (χ1) is 10.3. The van der Waals surface area contributed by atoms with Gasteiger partial charge in [-0.25, -0.2) is 0 Å². The molecule has 122 valence electrons. The molecule has 1 aliphatic heterocycles. The van der Waals surface area contributed by atoms with Crippen LogP contribution in [-0.4, -0.2) is 44.3 Å². The number of hydrogen-bond acceptors (Lipinski definition) is 3. The van der Waals surface area contributed by atoms with Gasteiger partial charge in [-0.1, -0.05) is 17.7 Å². The molecule has 0 aromatic heterocycles. The van der Waals surface area contributed by atoms with Crippen LogP contribution in [0.3, 0.4) is 0 Å². The Morgan fingerprint density at radius 2 is 2.18 bits per heavy atom. The number of anilines is 1. The quantitative estimate of drug-likeness (QED) is 0.867. The van der Waals surface area contributed by atoms with Crippen molar-refractivity contribution in [1.82, 2.24) is 10.6 Å². The highest BCUT2D eigenvalue weighted by molar-refractivity contribution is 6.30. The summed E-state index contributed by atoms with van der Waals surface area (Å²) >= 11 is 5.94. The van der Waals surface area contributed by atoms with E-state index in [0.717, 1.165) is 18.7 Å². The second-order valence-corrected chi connectivity index (χ2v) is 5.63. The first-order valence-corrected chi connectivity index (χ1v) is 7.28. The van der Waals surface area contributed by atoms with Gasteiger partial charge in [0.2, 0.25) is 5.91 Å². The minimum absolute atomic E-state index is 0.0702. The van der Waals surface area contributed by atoms with Crippen molar-refractivity contribution in [1.29, 1.82) is 0 Å². The molecule has 0 bridgehead atoms. The second kappa shape index (κ2) is 7.19. The molecule has 1 aromatic carbocycles. The number of alkyl halides is 3. The van der Waals surface area contributed by atoms with Gasteiger partial charge in [-0.2, -0.15) is 13.2 Å². The Bertz CT molecular complexity index is 524. The fourth-order valence-electron chi connectivity index (χ4n) is 2.38. The van der Waals surface area contributed by atoms with Gasteiger partial charge in [0.05, 0.1) is 13.1 Å². The maximum absolute atomic E-state index is 12.0. The topological polar surface area (TPSA) is 44.4 Å². The van der Waals surface area contributed by atoms with Crippen molar-refractivity contribution in [3.63, 3.8) is 0 Å². The zero-order valence-corrected chi connectivity index (χ0v) is 12.5. The van der Waals surface area contributed by atoms with E-state index < -0.39 is 18.6 Å². The normalized spacial score (nSPS) is 18.5. The Kier molecular flexibility index (Phi) is 5.52. The van der Waals surface area contributed by atoms with E-state index in [2.05, 4.69) is 15.5 Å². The van der Waals surface area contributed by atoms with Gasteiger partial charge in [-0.05, 0) is 24.6 Å². The fraction of sp³-hybridized carbons (Fsp3) is 0.500. The maximum Gasteiger partial charge on any atom is 0.401 e. The lowest BCUT2D eigenvalue weighted by molar-refractivity contribution is -0.128. The number of rotatable bonds is 5. The smallest absolute Gasteiger partial charge is 0.369 e. The fourth-order valence-corrected chi connectivity index (χ4v) is 2.57. The number of benzene rings is 1. The van der Waals surface area contributed by atoms with Crippen molar-refractivity contribution < 1.29 is 18.0 Å². The molecule has 1 saturated heterocycles. The molecule has 8 heteroatoms. The lowest BCUT2D eigenvalue weighted by Crippen LogP contribution is -2.43. The predicted octanol–water partition coefficient (Wildman–Crippen LogP) is 2.19. The van der Waals surface area contributed by atoms with Gasteiger partial charge in [0, 0.05) is 29.8 Å². The summed E-state index contributed by atoms with van der Waals surface area (Å²) in [5.74, 6) is -0.429. The third kappa shape index (κ3) is 5.38. The molecule has 0 unspecified atom stereocenters. The standard InChI is InChI=1S/C14H17ClF3N3O/c15-10-2-1-3-12(6-10)21-5-4-11(8-21)20-13(22)7-19-9-14(16,17)18/h1-3,6,11,19H,4-5,7-9H2,(H,20,22)/t11-/m1/s1. The summed E-state index contributed by atoms with van der Waals surface area (Å²) in [4.78, 5) is 13.7. The zero-order chi connectivity index (χ0) is 16.2. The molecule has 0 spiro atoms. The van der Waals surface area contributed by atoms with Gasteiger partial charge in [-0.15, -0.1) is 0 Å². The van der Waals surface area contributed by atoms with E-state index in [9.17, 15) is 18.0 Å². The highest BCUT2D eigenvalue weighted by atomic mass is 35.5. The molecule has 2 N–H and O–H groups in total. The van der Waals surface area contributed by atoms with Gasteiger partial charge >= 0.3 is 6.18 Å². The molecule has 22 heavy (non-hydrogen) atoms. The minimum Gasteiger partial charge on any atom is -0.369 e. The number of carbonyl (C=O) groups is 1. The number of hydrogen-bond donors (Lipinski definition) is 2. The van der Waals surface area contributed by atoms with Crippen molar-refractivity contribution >= 4 is 23.2 Å². The first-order valence-electron chi connectivity index (χ1n) is 6.91. The number of nitrogens with one attached hydrogen (secondary N) is 2. The van der Waals surface area contributed by atoms with Gasteiger partial charge in [0.15, 0.2) is 0 Å². The molecule has 1 fully saturated rings. The molecule has 1 aromatic rings. The summed E-state index contributed by atoms with van der Waals surface area (Å²) in [7, 11) is 0. The lowest BCUT2D eigenvalue weighted by atomic mass is 10.2. The number of nitrogens with zero attached hydrogens (tertiary/aromatic N) is 1. The average molecular weight is 336 g/mol. The van der Waals surface area contributed by atoms with E-state index in [1.54, 1.807) is 6.07 Å². The molecule has 0 radical (unpaired) electrons. The van der Waals surface area contributed by atoms with Gasteiger partial charge < -0.3 is 15.5 Å². The predicted molar refractivity (Wildman–Crippen MR) is 79.1 cm³/mol. The van der Waals surface area contributed by atoms with Crippen LogP contribution >= 0.6 is 11.6 Å². The summed E-state index contributed by atoms with van der Waals surface area (Å²) < 4.78 is 35.9. The van der Waals surface area contributed by atoms with Crippen molar-refractivity contribution in [2.45, 2.75) is 18.6 Å². The number of halogens is 4. The molecule has 4 nitrogen and oxygen atoms in total. The molecule has 1 amide bonds. The van der Waals surface area contributed by atoms with Crippen LogP contribution in [0.2, 0.25) is 5.02 Å². The van der Waals surface area contributed by atoms with E-state index in [1.165, 1.54) is 0 Å². The summed E-state index contributed by atoms with van der Waals surface area (Å²) in [6.07, 6.45) is -3.56. The van der Waals surface area contributed by atoms with Crippen LogP contribution in [-0.2, 0) is 4.79 Å². The number of carbonyl (C=O) groups excluding carboxylic acids is 1. The third-order valence-electron chi connectivity index (χ3n) is 3.34. The summed E-state index contributed by atoms with van der Waals surface area (Å²) in [6, 6.07) is 7.34. The Labute approximate surface area is 131 Å². The number of amides is 1. The first kappa shape index (κ1) is 16.9. The molecule has 1 aliphatic rings. The van der Waals surface area contributed by atoms with Crippen LogP contribution < -0.4 is 15.5 Å². The van der Waals surface area contributed by atoms with Crippen molar-refractivity contribution in [3.8, 4) is 0 Å². The summed E-state index contributed by atoms with van der Waals surface area (Å²) in [5, 5.41) is 5.46. The maximum atomic E-state index is 12.0. The zero-order valence-electron chi connectivity index (χ0n) is 11.8. The molecular weight excluding hydrogens is 319 g/mol. The van der Waals surface area contributed by atoms with Gasteiger partial charge in [-0.3, -0.25) is 4.79 Å². The van der Waals surface area contributed by atoms with Crippen LogP contribution in [0.1, 0.15) is 6.42 Å². The Morgan fingerprint density at radius 1 is 1.41 bits per heavy atom. The van der Waals surface area contributed by atoms with Crippen molar-refractivity contribution in [2.24, 2.45) is 0 Å². The van der Waals surface area contributed by atoms with Crippen LogP contribution in [0, 0.1) is 0 Å². The summed E-state index contributed by atoms with van der Waals surface area (Å²) in [6.45, 7) is -0.125. The van der Waals surface area contributed by atoms with Gasteiger partial charge in [0.1, 0.15) is 0 Å². The van der Waals surface area contributed by atoms with Crippen molar-refractivity contribution in [3.05, 3.63) is 29.3 Å². The monoisotopic (exact) mass is 335 g/mol. The van der Waals surface area contributed by atoms with Crippen LogP contribution in [0.4, 0.5) is 18.9 Å². The van der Waals surface area contributed by atoms with Crippen LogP contribution in [0.15, 0.2) is 24.3 Å². The van der Waals surface area contributed by atoms with Crippen LogP contribution in [0.25, 0.3) is 0 Å². The highest BCUT2D eigenvalue weighted by Crippen LogP contribution is 2.23. The molecule has 2 rings (SSSR count). The van der Waals surface area contributed by atoms with E-state index in [-0.39, 0.29) is 12.6 Å². The van der Waals surface area contributed by atoms with E-state index in [1.807, 2.05) is 18.2 Å². The molecule has 1 heterocycles. The second-order valence-electron chi connectivity index (χ2n) is 5.20. The molecule has 0 saturated carbocycles. The molecular formula is C14H17ClF3N3O. The molecule has 0 aliphatic carbocycles. The summed E-state index contributed by atoms with van der Waals surface area (Å²) in [5.41, 5.74) is 0.972. The lowest BCUT2D eigenvalue weighted by Gasteiger charge is -2.19. The van der Waals surface area contributed by atoms with E-state index in [4.69, 9.17) is 11.6 Å². The third-order valence-corrected chi connectivity index (χ3v) is 3.57. The van der Waals surface area contributed by atoms with E-state index >= 15 is 0 Å². The van der Waals surface area contributed by atoms with Gasteiger partial charge in [0.25, 0.3) is 0 Å². The highest BCUT2D eigenvalue weighted by Gasteiger charge is 2.27. The Morgan fingerprint density at radius 3 is 2.86 bits per heavy atom. The largest absolute Gasteiger partial charge is 0.401 e. The van der Waals surface area contributed by atoms with Crippen LogP contribution in [0.5, 0.6) is 0 Å².